The summed E-state index contributed by atoms with van der Waals surface area (Å²) in [6.45, 7) is 3.02. The van der Waals surface area contributed by atoms with Gasteiger partial charge in [0.2, 0.25) is 5.78 Å². The Morgan fingerprint density at radius 1 is 1.19 bits per heavy atom. The average molecular weight is 363 g/mol. The number of carbonyl (C=O) groups excluding carboxylic acids is 1. The molecule has 2 aliphatic heterocycles. The van der Waals surface area contributed by atoms with E-state index < -0.39 is 0 Å². The number of benzene rings is 1. The molecule has 7 nitrogen and oxygen atoms in total. The van der Waals surface area contributed by atoms with Crippen LogP contribution >= 0.6 is 0 Å². The first-order valence-electron chi connectivity index (χ1n) is 9.17. The van der Waals surface area contributed by atoms with Crippen LogP contribution < -0.4 is 0 Å². The van der Waals surface area contributed by atoms with Crippen LogP contribution in [0.15, 0.2) is 48.8 Å². The van der Waals surface area contributed by atoms with Gasteiger partial charge in [0.1, 0.15) is 5.60 Å². The van der Waals surface area contributed by atoms with Crippen molar-refractivity contribution >= 4 is 11.9 Å². The average Bonchev–Trinajstić information content (AvgIpc) is 3.33. The number of likely N-dealkylation sites (N-methyl/N-ethyl adjacent to an activating group) is 1. The van der Waals surface area contributed by atoms with Gasteiger partial charge >= 0.3 is 6.09 Å². The Balaban J connectivity index is 1.48. The number of ether oxygens (including phenoxy) is 1. The number of hydrogen-bond acceptors (Lipinski definition) is 5. The molecule has 1 spiro atoms. The minimum atomic E-state index is -0.377. The smallest absolute Gasteiger partial charge is 0.410 e. The van der Waals surface area contributed by atoms with Crippen molar-refractivity contribution in [1.82, 2.24) is 24.2 Å². The Bertz CT molecular complexity index is 1000. The van der Waals surface area contributed by atoms with E-state index >= 15 is 0 Å². The van der Waals surface area contributed by atoms with Crippen molar-refractivity contribution in [3.63, 3.8) is 0 Å². The molecule has 3 aromatic rings. The van der Waals surface area contributed by atoms with E-state index in [1.54, 1.807) is 18.1 Å². The molecule has 27 heavy (non-hydrogen) atoms. The van der Waals surface area contributed by atoms with Crippen LogP contribution in [-0.4, -0.2) is 62.5 Å². The van der Waals surface area contributed by atoms with Gasteiger partial charge in [-0.25, -0.2) is 14.8 Å². The van der Waals surface area contributed by atoms with Gasteiger partial charge in [-0.2, -0.15) is 0 Å². The molecule has 1 atom stereocenters. The summed E-state index contributed by atoms with van der Waals surface area (Å²) in [7, 11) is 1.80. The van der Waals surface area contributed by atoms with E-state index in [0.29, 0.717) is 12.3 Å². The second-order valence-corrected chi connectivity index (χ2v) is 7.43. The molecule has 2 aromatic heterocycles. The number of aromatic nitrogens is 3. The van der Waals surface area contributed by atoms with Crippen LogP contribution in [0.4, 0.5) is 4.79 Å². The van der Waals surface area contributed by atoms with Crippen LogP contribution in [-0.2, 0) is 11.3 Å². The number of nitrogens with zero attached hydrogens (tertiary/aromatic N) is 5. The fraction of sp³-hybridized carbons (Fsp3) is 0.350. The van der Waals surface area contributed by atoms with Gasteiger partial charge in [-0.3, -0.25) is 9.30 Å². The number of carbonyl (C=O) groups is 1. The maximum absolute atomic E-state index is 11.8. The molecule has 0 N–H and O–H groups in total. The van der Waals surface area contributed by atoms with Crippen molar-refractivity contribution in [2.24, 2.45) is 0 Å². The minimum absolute atomic E-state index is 0.221. The molecule has 2 fully saturated rings. The van der Waals surface area contributed by atoms with Crippen LogP contribution in [0.3, 0.4) is 0 Å². The van der Waals surface area contributed by atoms with Gasteiger partial charge in [0, 0.05) is 51.1 Å². The molecular formula is C20H21N5O2. The summed E-state index contributed by atoms with van der Waals surface area (Å²) in [5, 5.41) is 0. The van der Waals surface area contributed by atoms with E-state index in [1.165, 1.54) is 0 Å². The summed E-state index contributed by atoms with van der Waals surface area (Å²) in [5.74, 6) is 0.701. The van der Waals surface area contributed by atoms with E-state index in [4.69, 9.17) is 9.72 Å². The Hall–Kier alpha value is -2.93. The molecule has 4 heterocycles. The van der Waals surface area contributed by atoms with Crippen molar-refractivity contribution < 1.29 is 9.53 Å². The summed E-state index contributed by atoms with van der Waals surface area (Å²) in [6, 6.07) is 12.1. The highest BCUT2D eigenvalue weighted by atomic mass is 16.6. The highest BCUT2D eigenvalue weighted by Crippen LogP contribution is 2.33. The quantitative estimate of drug-likeness (QED) is 0.715. The van der Waals surface area contributed by atoms with Crippen molar-refractivity contribution in [2.75, 3.05) is 26.7 Å². The molecule has 0 bridgehead atoms. The van der Waals surface area contributed by atoms with E-state index in [2.05, 4.69) is 26.4 Å². The summed E-state index contributed by atoms with van der Waals surface area (Å²) >= 11 is 0. The molecule has 0 radical (unpaired) electrons. The normalized spacial score (nSPS) is 22.9. The topological polar surface area (TPSA) is 63.0 Å². The standard InChI is InChI=1S/C20H21N5O2/c1-23-13-20(27-19(23)26)8-11-24(14-20)12-16-17(15-6-3-2-4-7-15)22-18-21-9-5-10-25(16)18/h2-7,9-10H,8,11-14H2,1H3/t20-/m1/s1. The number of likely N-dealkylation sites (tertiary alicyclic amines) is 1. The maximum atomic E-state index is 11.8. The van der Waals surface area contributed by atoms with E-state index in [0.717, 1.165) is 43.0 Å². The van der Waals surface area contributed by atoms with Crippen molar-refractivity contribution in [3.05, 3.63) is 54.5 Å². The Morgan fingerprint density at radius 2 is 2.04 bits per heavy atom. The first kappa shape index (κ1) is 16.3. The first-order valence-corrected chi connectivity index (χ1v) is 9.17. The highest BCUT2D eigenvalue weighted by Gasteiger charge is 2.48. The van der Waals surface area contributed by atoms with Crippen LogP contribution in [0.1, 0.15) is 12.1 Å². The number of rotatable bonds is 3. The lowest BCUT2D eigenvalue weighted by molar-refractivity contribution is 0.0626. The van der Waals surface area contributed by atoms with Gasteiger partial charge in [0.15, 0.2) is 0 Å². The molecular weight excluding hydrogens is 342 g/mol. The second kappa shape index (κ2) is 6.06. The predicted octanol–water partition coefficient (Wildman–Crippen LogP) is 2.42. The van der Waals surface area contributed by atoms with Gasteiger partial charge in [0.05, 0.1) is 17.9 Å². The number of imidazole rings is 1. The fourth-order valence-electron chi connectivity index (χ4n) is 4.19. The molecule has 5 rings (SSSR count). The van der Waals surface area contributed by atoms with E-state index in [9.17, 15) is 4.79 Å². The zero-order valence-corrected chi connectivity index (χ0v) is 15.2. The number of fused-ring (bicyclic) bond motifs is 1. The van der Waals surface area contributed by atoms with Crippen LogP contribution in [0, 0.1) is 0 Å². The third kappa shape index (κ3) is 2.75. The van der Waals surface area contributed by atoms with Crippen LogP contribution in [0.2, 0.25) is 0 Å². The molecule has 7 heteroatoms. The SMILES string of the molecule is CN1C[C@@]2(CCN(Cc3c(-c4ccccc4)nc4ncccn34)C2)OC1=O. The zero-order chi connectivity index (χ0) is 18.4. The van der Waals surface area contributed by atoms with E-state index in [1.807, 2.05) is 30.5 Å². The Kier molecular flexibility index (Phi) is 3.65. The Labute approximate surface area is 157 Å². The van der Waals surface area contributed by atoms with E-state index in [-0.39, 0.29) is 11.7 Å². The summed E-state index contributed by atoms with van der Waals surface area (Å²) in [4.78, 5) is 25.0. The molecule has 0 saturated carbocycles. The van der Waals surface area contributed by atoms with Crippen LogP contribution in [0.5, 0.6) is 0 Å². The zero-order valence-electron chi connectivity index (χ0n) is 15.2. The lowest BCUT2D eigenvalue weighted by atomic mass is 10.0. The third-order valence-corrected chi connectivity index (χ3v) is 5.46. The molecule has 2 aliphatic rings. The molecule has 0 aliphatic carbocycles. The number of hydrogen-bond donors (Lipinski definition) is 0. The van der Waals surface area contributed by atoms with Gasteiger partial charge in [-0.15, -0.1) is 0 Å². The van der Waals surface area contributed by atoms with Crippen molar-refractivity contribution in [1.29, 1.82) is 0 Å². The van der Waals surface area contributed by atoms with Crippen molar-refractivity contribution in [3.8, 4) is 11.3 Å². The van der Waals surface area contributed by atoms with Gasteiger partial charge < -0.3 is 9.64 Å². The minimum Gasteiger partial charge on any atom is -0.439 e. The summed E-state index contributed by atoms with van der Waals surface area (Å²) in [5.41, 5.74) is 2.77. The van der Waals surface area contributed by atoms with Gasteiger partial charge in [-0.1, -0.05) is 30.3 Å². The molecule has 1 amide bonds. The maximum Gasteiger partial charge on any atom is 0.410 e. The van der Waals surface area contributed by atoms with Crippen molar-refractivity contribution in [2.45, 2.75) is 18.6 Å². The summed E-state index contributed by atoms with van der Waals surface area (Å²) in [6.07, 6.45) is 4.41. The third-order valence-electron chi connectivity index (χ3n) is 5.46. The first-order chi connectivity index (χ1) is 13.1. The molecule has 1 aromatic carbocycles. The number of amides is 1. The highest BCUT2D eigenvalue weighted by molar-refractivity contribution is 5.70. The largest absolute Gasteiger partial charge is 0.439 e. The monoisotopic (exact) mass is 363 g/mol. The van der Waals surface area contributed by atoms with Gasteiger partial charge in [0.25, 0.3) is 0 Å². The van der Waals surface area contributed by atoms with Crippen LogP contribution in [0.25, 0.3) is 17.0 Å². The second-order valence-electron chi connectivity index (χ2n) is 7.43. The van der Waals surface area contributed by atoms with Gasteiger partial charge in [-0.05, 0) is 6.07 Å². The fourth-order valence-corrected chi connectivity index (χ4v) is 4.19. The molecule has 2 saturated heterocycles. The lowest BCUT2D eigenvalue weighted by Crippen LogP contribution is -2.37. The predicted molar refractivity (Wildman–Crippen MR) is 100 cm³/mol. The Morgan fingerprint density at radius 3 is 2.81 bits per heavy atom. The molecule has 0 unspecified atom stereocenters. The summed E-state index contributed by atoms with van der Waals surface area (Å²) < 4.78 is 7.74. The lowest BCUT2D eigenvalue weighted by Gasteiger charge is -2.22. The molecule has 138 valence electrons.